The Bertz CT molecular complexity index is 505. The zero-order chi connectivity index (χ0) is 11.5. The van der Waals surface area contributed by atoms with E-state index in [1.165, 1.54) is 0 Å². The van der Waals surface area contributed by atoms with E-state index in [0.29, 0.717) is 10.7 Å². The third-order valence-corrected chi connectivity index (χ3v) is 2.83. The monoisotopic (exact) mass is 274 g/mol. The third kappa shape index (κ3) is 3.06. The summed E-state index contributed by atoms with van der Waals surface area (Å²) in [6, 6.07) is 9.12. The third-order valence-electron chi connectivity index (χ3n) is 2.52. The average Bonchev–Trinajstić information content (AvgIpc) is 2.28. The van der Waals surface area contributed by atoms with Gasteiger partial charge in [-0.3, -0.25) is 4.39 Å². The van der Waals surface area contributed by atoms with Crippen LogP contribution < -0.4 is 5.73 Å². The number of rotatable bonds is 3. The number of hydrogen-bond donors (Lipinski definition) is 1. The van der Waals surface area contributed by atoms with Crippen molar-refractivity contribution in [3.63, 3.8) is 0 Å². The van der Waals surface area contributed by atoms with Crippen molar-refractivity contribution in [3.05, 3.63) is 41.0 Å². The van der Waals surface area contributed by atoms with Gasteiger partial charge in [0.15, 0.2) is 0 Å². The molecule has 2 rings (SSSR count). The normalized spacial score (nSPS) is 12.2. The fourth-order valence-corrected chi connectivity index (χ4v) is 1.93. The lowest BCUT2D eigenvalue weighted by atomic mass is 10.1. The lowest BCUT2D eigenvalue weighted by Crippen LogP contribution is -2.12. The van der Waals surface area contributed by atoms with Gasteiger partial charge in [-0.25, -0.2) is 4.98 Å². The molecule has 0 spiro atoms. The molecule has 2 aromatic rings. The second-order valence-corrected chi connectivity index (χ2v) is 4.00. The van der Waals surface area contributed by atoms with E-state index in [9.17, 15) is 4.39 Å². The number of nitrogens with zero attached hydrogens (tertiary/aromatic N) is 1. The summed E-state index contributed by atoms with van der Waals surface area (Å²) in [6.45, 7) is -0.454. The Hall–Kier alpha value is -0.900. The number of para-hydroxylation sites is 1. The molecule has 2 nitrogen and oxygen atoms in total. The topological polar surface area (TPSA) is 38.9 Å². The molecule has 0 aliphatic rings. The van der Waals surface area contributed by atoms with Gasteiger partial charge >= 0.3 is 0 Å². The van der Waals surface area contributed by atoms with Crippen molar-refractivity contribution in [2.75, 3.05) is 6.67 Å². The van der Waals surface area contributed by atoms with Crippen LogP contribution in [0.15, 0.2) is 30.3 Å². The van der Waals surface area contributed by atoms with E-state index in [4.69, 9.17) is 17.3 Å². The van der Waals surface area contributed by atoms with E-state index < -0.39 is 12.7 Å². The maximum Gasteiger partial charge on any atom is 0.134 e. The highest BCUT2D eigenvalue weighted by Crippen LogP contribution is 2.26. The van der Waals surface area contributed by atoms with Crippen LogP contribution >= 0.6 is 24.0 Å². The van der Waals surface area contributed by atoms with Crippen molar-refractivity contribution in [1.82, 2.24) is 4.98 Å². The Morgan fingerprint density at radius 3 is 2.76 bits per heavy atom. The van der Waals surface area contributed by atoms with E-state index in [-0.39, 0.29) is 18.8 Å². The minimum Gasteiger partial charge on any atom is -0.324 e. The number of nitrogens with two attached hydrogens (primary N) is 1. The number of fused-ring (bicyclic) bond motifs is 1. The largest absolute Gasteiger partial charge is 0.324 e. The van der Waals surface area contributed by atoms with Crippen LogP contribution in [0.4, 0.5) is 4.39 Å². The van der Waals surface area contributed by atoms with Crippen LogP contribution in [0.2, 0.25) is 5.15 Å². The molecule has 0 amide bonds. The molecule has 0 bridgehead atoms. The van der Waals surface area contributed by atoms with Crippen LogP contribution in [0.5, 0.6) is 0 Å². The van der Waals surface area contributed by atoms with Crippen molar-refractivity contribution < 1.29 is 4.39 Å². The van der Waals surface area contributed by atoms with E-state index in [1.54, 1.807) is 0 Å². The molecule has 1 atom stereocenters. The number of aromatic nitrogens is 1. The molecule has 0 unspecified atom stereocenters. The molecular weight excluding hydrogens is 262 g/mol. The van der Waals surface area contributed by atoms with Crippen LogP contribution in [-0.2, 0) is 0 Å². The van der Waals surface area contributed by atoms with E-state index in [1.807, 2.05) is 30.3 Å². The van der Waals surface area contributed by atoms with E-state index in [0.717, 1.165) is 10.9 Å². The summed E-state index contributed by atoms with van der Waals surface area (Å²) in [4.78, 5) is 4.24. The molecule has 5 heteroatoms. The zero-order valence-electron chi connectivity index (χ0n) is 9.07. The van der Waals surface area contributed by atoms with Gasteiger partial charge in [-0.15, -0.1) is 12.4 Å². The molecule has 1 heterocycles. The van der Waals surface area contributed by atoms with Crippen molar-refractivity contribution in [1.29, 1.82) is 0 Å². The highest BCUT2D eigenvalue weighted by atomic mass is 35.5. The average molecular weight is 275 g/mol. The summed E-state index contributed by atoms with van der Waals surface area (Å²) in [6.07, 6.45) is 0.264. The van der Waals surface area contributed by atoms with E-state index >= 15 is 0 Å². The molecule has 2 N–H and O–H groups in total. The maximum absolute atomic E-state index is 12.2. The van der Waals surface area contributed by atoms with Gasteiger partial charge in [-0.05, 0) is 18.6 Å². The Kier molecular flexibility index (Phi) is 5.12. The summed E-state index contributed by atoms with van der Waals surface area (Å²) < 4.78 is 12.2. The minimum absolute atomic E-state index is 0. The molecular formula is C12H13Cl2FN2. The fraction of sp³-hybridized carbons (Fsp3) is 0.250. The molecule has 0 aliphatic heterocycles. The first-order valence-electron chi connectivity index (χ1n) is 5.09. The molecule has 17 heavy (non-hydrogen) atoms. The van der Waals surface area contributed by atoms with Gasteiger partial charge in [-0.2, -0.15) is 0 Å². The smallest absolute Gasteiger partial charge is 0.134 e. The Balaban J connectivity index is 0.00000144. The highest BCUT2D eigenvalue weighted by Gasteiger charge is 2.12. The highest BCUT2D eigenvalue weighted by molar-refractivity contribution is 6.30. The summed E-state index contributed by atoms with van der Waals surface area (Å²) >= 11 is 6.02. The van der Waals surface area contributed by atoms with E-state index in [2.05, 4.69) is 4.98 Å². The van der Waals surface area contributed by atoms with Crippen LogP contribution in [-0.4, -0.2) is 11.7 Å². The number of pyridine rings is 1. The van der Waals surface area contributed by atoms with Crippen LogP contribution in [0.3, 0.4) is 0 Å². The summed E-state index contributed by atoms with van der Waals surface area (Å²) in [7, 11) is 0. The number of hydrogen-bond acceptors (Lipinski definition) is 2. The molecule has 1 aromatic carbocycles. The van der Waals surface area contributed by atoms with Gasteiger partial charge in [-0.1, -0.05) is 29.8 Å². The summed E-state index contributed by atoms with van der Waals surface area (Å²) in [5.74, 6) is 0. The second kappa shape index (κ2) is 6.15. The quantitative estimate of drug-likeness (QED) is 0.868. The summed E-state index contributed by atoms with van der Waals surface area (Å²) in [5, 5.41) is 1.33. The first-order valence-corrected chi connectivity index (χ1v) is 5.47. The first-order chi connectivity index (χ1) is 7.72. The van der Waals surface area contributed by atoms with Gasteiger partial charge in [0.1, 0.15) is 5.15 Å². The molecule has 0 fully saturated rings. The lowest BCUT2D eigenvalue weighted by Gasteiger charge is -2.12. The first kappa shape index (κ1) is 14.2. The molecule has 0 aliphatic carbocycles. The van der Waals surface area contributed by atoms with Crippen molar-refractivity contribution in [2.24, 2.45) is 5.73 Å². The van der Waals surface area contributed by atoms with Gasteiger partial charge < -0.3 is 5.73 Å². The Labute approximate surface area is 110 Å². The minimum atomic E-state index is -0.454. The molecule has 0 saturated heterocycles. The molecule has 92 valence electrons. The van der Waals surface area contributed by atoms with Gasteiger partial charge in [0.2, 0.25) is 0 Å². The predicted octanol–water partition coefficient (Wildman–Crippen LogP) is 3.67. The van der Waals surface area contributed by atoms with Gasteiger partial charge in [0, 0.05) is 17.0 Å². The van der Waals surface area contributed by atoms with Crippen molar-refractivity contribution in [3.8, 4) is 0 Å². The SMILES string of the molecule is Cl.N[C@@H](CCF)c1cc2ccccc2nc1Cl. The number of halogens is 3. The van der Waals surface area contributed by atoms with Crippen LogP contribution in [0.1, 0.15) is 18.0 Å². The van der Waals surface area contributed by atoms with Crippen molar-refractivity contribution >= 4 is 34.9 Å². The zero-order valence-corrected chi connectivity index (χ0v) is 10.6. The summed E-state index contributed by atoms with van der Waals surface area (Å²) in [5.41, 5.74) is 7.36. The Morgan fingerprint density at radius 2 is 2.06 bits per heavy atom. The van der Waals surface area contributed by atoms with Gasteiger partial charge in [0.05, 0.1) is 12.2 Å². The van der Waals surface area contributed by atoms with Crippen LogP contribution in [0.25, 0.3) is 10.9 Å². The fourth-order valence-electron chi connectivity index (χ4n) is 1.64. The standard InChI is InChI=1S/C12H12ClFN2.ClH/c13-12-9(10(15)5-6-14)7-8-3-1-2-4-11(8)16-12;/h1-4,7,10H,5-6,15H2;1H/t10-;/m0./s1. The molecule has 0 radical (unpaired) electrons. The van der Waals surface area contributed by atoms with Gasteiger partial charge in [0.25, 0.3) is 0 Å². The van der Waals surface area contributed by atoms with Crippen LogP contribution in [0, 0.1) is 0 Å². The second-order valence-electron chi connectivity index (χ2n) is 3.65. The number of alkyl halides is 1. The molecule has 1 aromatic heterocycles. The lowest BCUT2D eigenvalue weighted by molar-refractivity contribution is 0.442. The Morgan fingerprint density at radius 1 is 1.35 bits per heavy atom. The maximum atomic E-state index is 12.2. The molecule has 0 saturated carbocycles. The van der Waals surface area contributed by atoms with Crippen molar-refractivity contribution in [2.45, 2.75) is 12.5 Å². The number of benzene rings is 1. The predicted molar refractivity (Wildman–Crippen MR) is 71.5 cm³/mol.